The van der Waals surface area contributed by atoms with E-state index in [1.807, 2.05) is 6.92 Å². The number of imide groups is 1. The van der Waals surface area contributed by atoms with Crippen molar-refractivity contribution in [2.24, 2.45) is 0 Å². The maximum absolute atomic E-state index is 13.0. The molecule has 1 saturated carbocycles. The SMILES string of the molecule is Cc1cc(S(=O)(=O)NCCOCCNC(=O)COc2ccc(C)c(N3CCC(=O)NC3=O)c2)ccc1Nc1ncc2cc(Cl)c(=O)n(C3CCCC3)c2n1. The van der Waals surface area contributed by atoms with Gasteiger partial charge in [0.05, 0.1) is 23.8 Å². The number of halogens is 1. The molecule has 0 bridgehead atoms. The normalized spacial score (nSPS) is 15.1. The molecule has 18 heteroatoms. The van der Waals surface area contributed by atoms with Gasteiger partial charge in [-0.15, -0.1) is 0 Å². The van der Waals surface area contributed by atoms with Gasteiger partial charge in [-0.3, -0.25) is 29.2 Å². The number of nitrogens with one attached hydrogen (secondary N) is 4. The molecule has 0 unspecified atom stereocenters. The number of aromatic nitrogens is 3. The van der Waals surface area contributed by atoms with Crippen LogP contribution in [0.2, 0.25) is 5.02 Å². The predicted molar refractivity (Wildman–Crippen MR) is 202 cm³/mol. The molecule has 1 aliphatic carbocycles. The van der Waals surface area contributed by atoms with Crippen molar-refractivity contribution in [2.45, 2.75) is 56.9 Å². The zero-order valence-electron chi connectivity index (χ0n) is 29.8. The predicted octanol–water partition coefficient (Wildman–Crippen LogP) is 3.86. The minimum Gasteiger partial charge on any atom is -0.484 e. The first-order valence-electron chi connectivity index (χ1n) is 17.5. The molecule has 0 spiro atoms. The Hall–Kier alpha value is -5.10. The number of urea groups is 1. The minimum absolute atomic E-state index is 0.00897. The summed E-state index contributed by atoms with van der Waals surface area (Å²) in [4.78, 5) is 59.5. The van der Waals surface area contributed by atoms with E-state index in [4.69, 9.17) is 21.1 Å². The molecule has 6 rings (SSSR count). The fraction of sp³-hybridized carbons (Fsp3) is 0.389. The van der Waals surface area contributed by atoms with Gasteiger partial charge in [0.1, 0.15) is 16.4 Å². The number of nitrogens with zero attached hydrogens (tertiary/aromatic N) is 4. The van der Waals surface area contributed by atoms with Crippen LogP contribution in [0.1, 0.15) is 49.3 Å². The van der Waals surface area contributed by atoms with Crippen LogP contribution in [0, 0.1) is 13.8 Å². The molecule has 4 N–H and O–H groups in total. The molecule has 1 aliphatic heterocycles. The monoisotopic (exact) mass is 780 g/mol. The first kappa shape index (κ1) is 38.6. The van der Waals surface area contributed by atoms with Crippen molar-refractivity contribution in [3.63, 3.8) is 0 Å². The molecule has 2 aromatic carbocycles. The third-order valence-corrected chi connectivity index (χ3v) is 10.9. The number of amides is 4. The lowest BCUT2D eigenvalue weighted by Crippen LogP contribution is -2.49. The van der Waals surface area contributed by atoms with Gasteiger partial charge in [-0.1, -0.05) is 30.5 Å². The van der Waals surface area contributed by atoms with Gasteiger partial charge < -0.3 is 20.1 Å². The third kappa shape index (κ3) is 9.15. The number of rotatable bonds is 15. The average molecular weight is 781 g/mol. The smallest absolute Gasteiger partial charge is 0.328 e. The van der Waals surface area contributed by atoms with Crippen LogP contribution in [0.3, 0.4) is 0 Å². The summed E-state index contributed by atoms with van der Waals surface area (Å²) in [7, 11) is -3.85. The lowest BCUT2D eigenvalue weighted by atomic mass is 10.1. The highest BCUT2D eigenvalue weighted by atomic mass is 35.5. The number of aryl methyl sites for hydroxylation is 2. The number of anilines is 3. The van der Waals surface area contributed by atoms with Crippen LogP contribution >= 0.6 is 11.6 Å². The first-order chi connectivity index (χ1) is 25.9. The lowest BCUT2D eigenvalue weighted by molar-refractivity contribution is -0.123. The van der Waals surface area contributed by atoms with Crippen LogP contribution in [0.15, 0.2) is 58.4 Å². The third-order valence-electron chi connectivity index (χ3n) is 9.18. The Balaban J connectivity index is 0.934. The molecule has 16 nitrogen and oxygen atoms in total. The summed E-state index contributed by atoms with van der Waals surface area (Å²) in [5, 5.41) is 8.88. The lowest BCUT2D eigenvalue weighted by Gasteiger charge is -2.28. The maximum Gasteiger partial charge on any atom is 0.328 e. The maximum atomic E-state index is 13.0. The van der Waals surface area contributed by atoms with Crippen LogP contribution < -0.4 is 35.9 Å². The van der Waals surface area contributed by atoms with Gasteiger partial charge >= 0.3 is 6.03 Å². The standard InChI is InChI=1S/C36H41ClN8O8S/c1-22-7-8-26(19-30(22)44-14-11-31(46)42-36(44)49)53-21-32(47)38-12-15-52-16-13-40-54(50,51)27-9-10-29(23(2)17-27)41-35-39-20-24-18-28(37)34(48)45(33(24)43-35)25-5-3-4-6-25/h7-10,17-20,25,40H,3-6,11-16,21H2,1-2H3,(H,38,47)(H,39,41,43)(H,42,46,49). The van der Waals surface area contributed by atoms with Gasteiger partial charge in [0.15, 0.2) is 6.61 Å². The van der Waals surface area contributed by atoms with Crippen molar-refractivity contribution in [3.8, 4) is 5.75 Å². The fourth-order valence-electron chi connectivity index (χ4n) is 6.37. The van der Waals surface area contributed by atoms with Gasteiger partial charge in [-0.25, -0.2) is 22.9 Å². The molecule has 2 aliphatic rings. The largest absolute Gasteiger partial charge is 0.484 e. The highest BCUT2D eigenvalue weighted by Gasteiger charge is 2.26. The van der Waals surface area contributed by atoms with Crippen LogP contribution in [0.4, 0.5) is 22.1 Å². The van der Waals surface area contributed by atoms with Gasteiger partial charge in [-0.2, -0.15) is 4.98 Å². The summed E-state index contributed by atoms with van der Waals surface area (Å²) < 4.78 is 41.2. The molecule has 54 heavy (non-hydrogen) atoms. The van der Waals surface area contributed by atoms with Crippen molar-refractivity contribution in [2.75, 3.05) is 49.7 Å². The second-order valence-corrected chi connectivity index (χ2v) is 15.2. The number of carbonyl (C=O) groups excluding carboxylic acids is 3. The quantitative estimate of drug-likeness (QED) is 0.128. The topological polar surface area (TPSA) is 203 Å². The van der Waals surface area contributed by atoms with Crippen molar-refractivity contribution in [1.82, 2.24) is 29.9 Å². The number of ether oxygens (including phenoxy) is 2. The minimum atomic E-state index is -3.85. The molecular formula is C36H41ClN8O8S. The number of benzene rings is 2. The molecule has 0 atom stereocenters. The number of pyridine rings is 1. The molecule has 0 radical (unpaired) electrons. The van der Waals surface area contributed by atoms with Gasteiger partial charge in [-0.05, 0) is 68.1 Å². The number of sulfonamides is 1. The fourth-order valence-corrected chi connectivity index (χ4v) is 7.68. The van der Waals surface area contributed by atoms with E-state index in [9.17, 15) is 27.6 Å². The summed E-state index contributed by atoms with van der Waals surface area (Å²) in [6, 6.07) is 10.8. The van der Waals surface area contributed by atoms with E-state index in [0.717, 1.165) is 31.2 Å². The average Bonchev–Trinajstić information content (AvgIpc) is 3.67. The Morgan fingerprint density at radius 3 is 2.56 bits per heavy atom. The second kappa shape index (κ2) is 16.9. The molecule has 1 saturated heterocycles. The Morgan fingerprint density at radius 1 is 1.02 bits per heavy atom. The van der Waals surface area contributed by atoms with Crippen molar-refractivity contribution in [1.29, 1.82) is 0 Å². The van der Waals surface area contributed by atoms with E-state index in [2.05, 4.69) is 30.6 Å². The van der Waals surface area contributed by atoms with E-state index in [-0.39, 0.29) is 79.3 Å². The van der Waals surface area contributed by atoms with E-state index in [1.54, 1.807) is 48.0 Å². The number of hydrogen-bond donors (Lipinski definition) is 4. The van der Waals surface area contributed by atoms with Crippen LogP contribution in [-0.2, 0) is 24.3 Å². The highest BCUT2D eigenvalue weighted by Crippen LogP contribution is 2.32. The number of carbonyl (C=O) groups is 3. The van der Waals surface area contributed by atoms with Crippen molar-refractivity contribution >= 4 is 67.8 Å². The molecule has 4 amide bonds. The van der Waals surface area contributed by atoms with Crippen molar-refractivity contribution < 1.29 is 32.3 Å². The molecular weight excluding hydrogens is 740 g/mol. The molecule has 2 fully saturated rings. The van der Waals surface area contributed by atoms with Crippen molar-refractivity contribution in [3.05, 3.63) is 75.2 Å². The first-order valence-corrected chi connectivity index (χ1v) is 19.4. The van der Waals surface area contributed by atoms with Gasteiger partial charge in [0, 0.05) is 55.4 Å². The van der Waals surface area contributed by atoms with E-state index >= 15 is 0 Å². The Kier molecular flexibility index (Phi) is 12.1. The molecule has 4 aromatic rings. The van der Waals surface area contributed by atoms with Crippen LogP contribution in [0.5, 0.6) is 5.75 Å². The Bertz CT molecular complexity index is 2240. The van der Waals surface area contributed by atoms with E-state index in [0.29, 0.717) is 33.7 Å². The van der Waals surface area contributed by atoms with E-state index in [1.165, 1.54) is 17.0 Å². The number of fused-ring (bicyclic) bond motifs is 1. The second-order valence-electron chi connectivity index (χ2n) is 13.0. The summed E-state index contributed by atoms with van der Waals surface area (Å²) >= 11 is 6.24. The Morgan fingerprint density at radius 2 is 1.80 bits per heavy atom. The Labute approximate surface area is 316 Å². The van der Waals surface area contributed by atoms with Crippen LogP contribution in [-0.4, -0.2) is 80.3 Å². The summed E-state index contributed by atoms with van der Waals surface area (Å²) in [6.45, 7) is 3.97. The summed E-state index contributed by atoms with van der Waals surface area (Å²) in [5.74, 6) is -0.0710. The molecule has 2 aromatic heterocycles. The summed E-state index contributed by atoms with van der Waals surface area (Å²) in [5.41, 5.74) is 2.84. The zero-order chi connectivity index (χ0) is 38.4. The van der Waals surface area contributed by atoms with Crippen LogP contribution in [0.25, 0.3) is 11.0 Å². The molecule has 286 valence electrons. The van der Waals surface area contributed by atoms with E-state index < -0.39 is 22.0 Å². The number of hydrogen-bond acceptors (Lipinski definition) is 11. The van der Waals surface area contributed by atoms with Gasteiger partial charge in [0.25, 0.3) is 11.5 Å². The highest BCUT2D eigenvalue weighted by molar-refractivity contribution is 7.89. The zero-order valence-corrected chi connectivity index (χ0v) is 31.4. The summed E-state index contributed by atoms with van der Waals surface area (Å²) in [6.07, 6.45) is 5.61. The van der Waals surface area contributed by atoms with Gasteiger partial charge in [0.2, 0.25) is 21.9 Å². The molecule has 3 heterocycles.